The monoisotopic (exact) mass is 649 g/mol. The van der Waals surface area contributed by atoms with Crippen molar-refractivity contribution in [2.45, 2.75) is 37.4 Å². The Morgan fingerprint density at radius 3 is 2.03 bits per heavy atom. The Morgan fingerprint density at radius 1 is 0.974 bits per heavy atom. The minimum Gasteiger partial charge on any atom is -0.349 e. The number of thioether (sulfide) groups is 1. The van der Waals surface area contributed by atoms with Crippen molar-refractivity contribution in [3.05, 3.63) is 73.7 Å². The number of amides is 1. The molecule has 1 N–H and O–H groups in total. The third kappa shape index (κ3) is 9.65. The van der Waals surface area contributed by atoms with Crippen LogP contribution in [-0.2, 0) is 6.18 Å². The fraction of sp³-hybridized carbons (Fsp3) is 0.348. The fourth-order valence-corrected chi connectivity index (χ4v) is 4.60. The minimum atomic E-state index is -5.24. The van der Waals surface area contributed by atoms with Crippen molar-refractivity contribution >= 4 is 58.3 Å². The van der Waals surface area contributed by atoms with Crippen molar-refractivity contribution < 1.29 is 48.7 Å². The standard InChI is InChI=1S/C23H16Cl3F10NOS/c1-10(8-39-9-21(28,29)30)37-20(38)13-3-2-11(4-15(13)23(34,35)36)18(27)7-14(22(31,32)33)12-5-16(24)19(26)17(25)6-12/h2-7,10,14H,8-9H2,1H3,(H,37,38)/b18-7-/t10-,14?/m1/s1. The molecule has 39 heavy (non-hydrogen) atoms. The number of rotatable bonds is 8. The molecule has 0 aliphatic heterocycles. The Labute approximate surface area is 234 Å². The van der Waals surface area contributed by atoms with E-state index in [0.717, 1.165) is 12.1 Å². The van der Waals surface area contributed by atoms with Crippen molar-refractivity contribution in [3.8, 4) is 0 Å². The molecule has 0 spiro atoms. The van der Waals surface area contributed by atoms with Gasteiger partial charge in [0.25, 0.3) is 5.91 Å². The van der Waals surface area contributed by atoms with Gasteiger partial charge in [0.05, 0.1) is 31.9 Å². The van der Waals surface area contributed by atoms with E-state index in [2.05, 4.69) is 5.32 Å². The van der Waals surface area contributed by atoms with Crippen molar-refractivity contribution in [1.82, 2.24) is 5.32 Å². The number of benzene rings is 2. The van der Waals surface area contributed by atoms with Gasteiger partial charge in [-0.1, -0.05) is 40.9 Å². The second-order valence-corrected chi connectivity index (χ2v) is 10.3. The highest BCUT2D eigenvalue weighted by Gasteiger charge is 2.41. The number of halogens is 13. The van der Waals surface area contributed by atoms with Crippen LogP contribution in [0.4, 0.5) is 43.9 Å². The summed E-state index contributed by atoms with van der Waals surface area (Å²) in [5, 5.41) is 1.11. The molecule has 0 aliphatic carbocycles. The SMILES string of the molecule is C[C@H](CSCC(F)(F)F)NC(=O)c1ccc(/C(F)=C/C(c2cc(Cl)c(Cl)c(Cl)c2)C(F)(F)F)cc1C(F)(F)F. The normalized spacial score (nSPS) is 14.8. The summed E-state index contributed by atoms with van der Waals surface area (Å²) in [6, 6.07) is 1.94. The predicted molar refractivity (Wildman–Crippen MR) is 131 cm³/mol. The molecule has 2 atom stereocenters. The Bertz CT molecular complexity index is 1210. The van der Waals surface area contributed by atoms with Gasteiger partial charge in [0, 0.05) is 17.4 Å². The van der Waals surface area contributed by atoms with Crippen LogP contribution in [0, 0.1) is 0 Å². The first kappa shape index (κ1) is 33.4. The van der Waals surface area contributed by atoms with E-state index in [1.165, 1.54) is 6.92 Å². The lowest BCUT2D eigenvalue weighted by Gasteiger charge is -2.20. The third-order valence-corrected chi connectivity index (χ3v) is 7.35. The van der Waals surface area contributed by atoms with Crippen LogP contribution in [0.15, 0.2) is 36.4 Å². The second kappa shape index (κ2) is 12.8. The van der Waals surface area contributed by atoms with Crippen LogP contribution >= 0.6 is 46.6 Å². The summed E-state index contributed by atoms with van der Waals surface area (Å²) in [7, 11) is 0. The van der Waals surface area contributed by atoms with E-state index in [-0.39, 0.29) is 33.0 Å². The molecule has 2 aromatic rings. The number of carbonyl (C=O) groups is 1. The second-order valence-electron chi connectivity index (χ2n) is 8.10. The Kier molecular flexibility index (Phi) is 10.9. The molecule has 2 nitrogen and oxygen atoms in total. The summed E-state index contributed by atoms with van der Waals surface area (Å²) in [6.07, 6.45) is -14.8. The molecular weight excluding hydrogens is 635 g/mol. The molecule has 216 valence electrons. The van der Waals surface area contributed by atoms with Crippen LogP contribution in [0.25, 0.3) is 5.83 Å². The van der Waals surface area contributed by atoms with Gasteiger partial charge in [-0.15, -0.1) is 0 Å². The van der Waals surface area contributed by atoms with Crippen LogP contribution in [-0.4, -0.2) is 35.8 Å². The fourth-order valence-electron chi connectivity index (χ4n) is 3.20. The predicted octanol–water partition coefficient (Wildman–Crippen LogP) is 9.74. The summed E-state index contributed by atoms with van der Waals surface area (Å²) in [5.41, 5.74) is -4.23. The Morgan fingerprint density at radius 2 is 1.54 bits per heavy atom. The van der Waals surface area contributed by atoms with Gasteiger partial charge < -0.3 is 5.32 Å². The van der Waals surface area contributed by atoms with E-state index in [4.69, 9.17) is 34.8 Å². The highest BCUT2D eigenvalue weighted by molar-refractivity contribution is 7.99. The number of hydrogen-bond acceptors (Lipinski definition) is 2. The van der Waals surface area contributed by atoms with Crippen molar-refractivity contribution in [3.63, 3.8) is 0 Å². The molecule has 0 saturated heterocycles. The van der Waals surface area contributed by atoms with Gasteiger partial charge in [-0.05, 0) is 42.8 Å². The molecule has 1 unspecified atom stereocenters. The van der Waals surface area contributed by atoms with Crippen LogP contribution in [0.5, 0.6) is 0 Å². The lowest BCUT2D eigenvalue weighted by atomic mass is 9.95. The summed E-state index contributed by atoms with van der Waals surface area (Å²) < 4.78 is 134. The average Bonchev–Trinajstić information content (AvgIpc) is 2.77. The number of carbonyl (C=O) groups excluding carboxylic acids is 1. The Hall–Kier alpha value is -1.83. The van der Waals surface area contributed by atoms with Crippen LogP contribution in [0.3, 0.4) is 0 Å². The lowest BCUT2D eigenvalue weighted by Crippen LogP contribution is -2.35. The highest BCUT2D eigenvalue weighted by atomic mass is 35.5. The zero-order valence-electron chi connectivity index (χ0n) is 19.3. The van der Waals surface area contributed by atoms with Gasteiger partial charge in [0.2, 0.25) is 0 Å². The molecule has 2 rings (SSSR count). The maximum Gasteiger partial charge on any atom is 0.417 e. The quantitative estimate of drug-likeness (QED) is 0.228. The van der Waals surface area contributed by atoms with Gasteiger partial charge in [-0.25, -0.2) is 4.39 Å². The average molecular weight is 651 g/mol. The Balaban J connectivity index is 2.42. The highest BCUT2D eigenvalue weighted by Crippen LogP contribution is 2.43. The molecule has 0 heterocycles. The molecule has 0 bridgehead atoms. The maximum atomic E-state index is 14.9. The van der Waals surface area contributed by atoms with E-state index in [1.807, 2.05) is 0 Å². The molecule has 16 heteroatoms. The van der Waals surface area contributed by atoms with E-state index >= 15 is 0 Å². The molecule has 0 aliphatic rings. The van der Waals surface area contributed by atoms with E-state index < -0.39 is 70.2 Å². The van der Waals surface area contributed by atoms with Gasteiger partial charge in [0.1, 0.15) is 11.7 Å². The lowest BCUT2D eigenvalue weighted by molar-refractivity contribution is -0.140. The first-order valence-corrected chi connectivity index (χ1v) is 12.7. The van der Waals surface area contributed by atoms with Gasteiger partial charge in [-0.3, -0.25) is 4.79 Å². The summed E-state index contributed by atoms with van der Waals surface area (Å²) >= 11 is 17.6. The molecule has 1 amide bonds. The molecule has 0 saturated carbocycles. The maximum absolute atomic E-state index is 14.9. The smallest absolute Gasteiger partial charge is 0.349 e. The summed E-state index contributed by atoms with van der Waals surface area (Å²) in [4.78, 5) is 12.4. The number of hydrogen-bond donors (Lipinski definition) is 1. The third-order valence-electron chi connectivity index (χ3n) is 4.89. The van der Waals surface area contributed by atoms with Crippen molar-refractivity contribution in [1.29, 1.82) is 0 Å². The molecule has 2 aromatic carbocycles. The van der Waals surface area contributed by atoms with Gasteiger partial charge in [-0.2, -0.15) is 51.3 Å². The first-order valence-electron chi connectivity index (χ1n) is 10.5. The zero-order chi connectivity index (χ0) is 29.9. The molecule has 0 fully saturated rings. The number of allylic oxidation sites excluding steroid dienone is 1. The largest absolute Gasteiger partial charge is 0.417 e. The number of alkyl halides is 9. The topological polar surface area (TPSA) is 29.1 Å². The van der Waals surface area contributed by atoms with Crippen LogP contribution in [0.2, 0.25) is 15.1 Å². The van der Waals surface area contributed by atoms with Crippen molar-refractivity contribution in [2.75, 3.05) is 11.5 Å². The zero-order valence-corrected chi connectivity index (χ0v) is 22.3. The van der Waals surface area contributed by atoms with E-state index in [0.29, 0.717) is 23.9 Å². The van der Waals surface area contributed by atoms with Crippen LogP contribution in [0.1, 0.15) is 39.9 Å². The van der Waals surface area contributed by atoms with Crippen molar-refractivity contribution in [2.24, 2.45) is 0 Å². The summed E-state index contributed by atoms with van der Waals surface area (Å²) in [6.45, 7) is 1.26. The molecule has 0 aromatic heterocycles. The first-order chi connectivity index (χ1) is 17.7. The van der Waals surface area contributed by atoms with Crippen LogP contribution < -0.4 is 5.32 Å². The molecular formula is C23H16Cl3F10NOS. The van der Waals surface area contributed by atoms with Gasteiger partial charge >= 0.3 is 18.5 Å². The minimum absolute atomic E-state index is 0.0189. The van der Waals surface area contributed by atoms with E-state index in [1.54, 1.807) is 0 Å². The van der Waals surface area contributed by atoms with Gasteiger partial charge in [0.15, 0.2) is 0 Å². The summed E-state index contributed by atoms with van der Waals surface area (Å²) in [5.74, 6) is -7.23. The van der Waals surface area contributed by atoms with E-state index in [9.17, 15) is 48.7 Å². The molecule has 0 radical (unpaired) electrons. The number of nitrogens with one attached hydrogen (secondary N) is 1.